The summed E-state index contributed by atoms with van der Waals surface area (Å²) in [6.07, 6.45) is -1.57. The summed E-state index contributed by atoms with van der Waals surface area (Å²) in [5.74, 6) is 0. The number of carbonyl (C=O) groups is 1. The maximum absolute atomic E-state index is 10.0. The van der Waals surface area contributed by atoms with Gasteiger partial charge < -0.3 is 19.9 Å². The lowest BCUT2D eigenvalue weighted by atomic mass is 10.6. The molecular formula is C6H13NO4. The lowest BCUT2D eigenvalue weighted by Gasteiger charge is -2.13. The molecule has 5 heteroatoms. The Labute approximate surface area is 65.3 Å². The smallest absolute Gasteiger partial charge is 0.404 e. The second-order valence-electron chi connectivity index (χ2n) is 1.81. The third kappa shape index (κ3) is 5.63. The molecule has 0 saturated heterocycles. The van der Waals surface area contributed by atoms with Gasteiger partial charge in [-0.05, 0) is 6.92 Å². The van der Waals surface area contributed by atoms with Crippen LogP contribution in [-0.4, -0.2) is 37.8 Å². The monoisotopic (exact) mass is 163 g/mol. The first kappa shape index (κ1) is 10.2. The Hall–Kier alpha value is -0.810. The second kappa shape index (κ2) is 5.94. The number of hydrogen-bond donors (Lipinski definition) is 2. The van der Waals surface area contributed by atoms with Crippen molar-refractivity contribution in [3.8, 4) is 0 Å². The van der Waals surface area contributed by atoms with Gasteiger partial charge in [0.05, 0.1) is 6.54 Å². The van der Waals surface area contributed by atoms with Gasteiger partial charge in [-0.15, -0.1) is 0 Å². The van der Waals surface area contributed by atoms with Crippen LogP contribution >= 0.6 is 0 Å². The van der Waals surface area contributed by atoms with Gasteiger partial charge in [-0.3, -0.25) is 0 Å². The van der Waals surface area contributed by atoms with Crippen molar-refractivity contribution in [2.75, 3.05) is 20.3 Å². The third-order valence-corrected chi connectivity index (χ3v) is 1.04. The molecule has 1 unspecified atom stereocenters. The molecule has 0 aromatic rings. The molecule has 0 aliphatic carbocycles. The Morgan fingerprint density at radius 3 is 2.73 bits per heavy atom. The summed E-state index contributed by atoms with van der Waals surface area (Å²) < 4.78 is 9.79. The van der Waals surface area contributed by atoms with Crippen molar-refractivity contribution < 1.29 is 19.4 Å². The molecule has 0 radical (unpaired) electrons. The zero-order chi connectivity index (χ0) is 8.69. The molecule has 1 atom stereocenters. The number of nitrogens with one attached hydrogen (secondary N) is 1. The Kier molecular flexibility index (Phi) is 5.50. The molecule has 0 heterocycles. The molecule has 0 aromatic carbocycles. The van der Waals surface area contributed by atoms with Crippen LogP contribution in [0.25, 0.3) is 0 Å². The fraction of sp³-hybridized carbons (Fsp3) is 0.833. The molecule has 2 N–H and O–H groups in total. The first-order valence-corrected chi connectivity index (χ1v) is 3.31. The van der Waals surface area contributed by atoms with E-state index in [0.29, 0.717) is 6.61 Å². The van der Waals surface area contributed by atoms with Crippen molar-refractivity contribution in [2.24, 2.45) is 0 Å². The molecule has 0 aliphatic rings. The largest absolute Gasteiger partial charge is 0.465 e. The zero-order valence-electron chi connectivity index (χ0n) is 6.66. The lowest BCUT2D eigenvalue weighted by molar-refractivity contribution is -0.115. The highest BCUT2D eigenvalue weighted by Gasteiger charge is 2.06. The lowest BCUT2D eigenvalue weighted by Crippen LogP contribution is -2.33. The molecule has 0 aromatic heterocycles. The van der Waals surface area contributed by atoms with E-state index in [2.05, 4.69) is 5.32 Å². The summed E-state index contributed by atoms with van der Waals surface area (Å²) in [6.45, 7) is 2.46. The topological polar surface area (TPSA) is 67.8 Å². The molecule has 1 amide bonds. The molecular weight excluding hydrogens is 150 g/mol. The molecule has 0 fully saturated rings. The normalized spacial score (nSPS) is 12.5. The predicted octanol–water partition coefficient (Wildman–Crippen LogP) is 0.263. The summed E-state index contributed by atoms with van der Waals surface area (Å²) in [4.78, 5) is 10.0. The van der Waals surface area contributed by atoms with E-state index in [1.54, 1.807) is 0 Å². The molecule has 5 nitrogen and oxygen atoms in total. The summed E-state index contributed by atoms with van der Waals surface area (Å²) in [6, 6.07) is 0. The summed E-state index contributed by atoms with van der Waals surface area (Å²) in [5.41, 5.74) is 0. The number of methoxy groups -OCH3 is 1. The van der Waals surface area contributed by atoms with Crippen molar-refractivity contribution in [3.05, 3.63) is 0 Å². The zero-order valence-corrected chi connectivity index (χ0v) is 6.66. The van der Waals surface area contributed by atoms with Crippen LogP contribution in [0.15, 0.2) is 0 Å². The average molecular weight is 163 g/mol. The molecule has 0 rings (SSSR count). The van der Waals surface area contributed by atoms with Crippen LogP contribution in [0.1, 0.15) is 6.92 Å². The van der Waals surface area contributed by atoms with Gasteiger partial charge >= 0.3 is 6.09 Å². The number of carboxylic acid groups (broad SMARTS) is 1. The van der Waals surface area contributed by atoms with Crippen LogP contribution < -0.4 is 5.32 Å². The Morgan fingerprint density at radius 1 is 1.73 bits per heavy atom. The fourth-order valence-electron chi connectivity index (χ4n) is 0.567. The number of amides is 1. The first-order chi connectivity index (χ1) is 5.20. The van der Waals surface area contributed by atoms with Crippen LogP contribution in [0.2, 0.25) is 0 Å². The van der Waals surface area contributed by atoms with Gasteiger partial charge in [0.15, 0.2) is 6.29 Å². The van der Waals surface area contributed by atoms with Crippen molar-refractivity contribution >= 4 is 6.09 Å². The van der Waals surface area contributed by atoms with E-state index >= 15 is 0 Å². The minimum Gasteiger partial charge on any atom is -0.465 e. The molecule has 0 bridgehead atoms. The maximum Gasteiger partial charge on any atom is 0.404 e. The van der Waals surface area contributed by atoms with Gasteiger partial charge in [-0.2, -0.15) is 0 Å². The van der Waals surface area contributed by atoms with Crippen LogP contribution in [0, 0.1) is 0 Å². The van der Waals surface area contributed by atoms with Crippen molar-refractivity contribution in [1.29, 1.82) is 0 Å². The quantitative estimate of drug-likeness (QED) is 0.570. The number of rotatable bonds is 5. The van der Waals surface area contributed by atoms with Crippen molar-refractivity contribution in [2.45, 2.75) is 13.2 Å². The van der Waals surface area contributed by atoms with Gasteiger partial charge in [-0.1, -0.05) is 0 Å². The summed E-state index contributed by atoms with van der Waals surface area (Å²) >= 11 is 0. The highest BCUT2D eigenvalue weighted by atomic mass is 16.7. The van der Waals surface area contributed by atoms with E-state index in [1.807, 2.05) is 6.92 Å². The second-order valence-corrected chi connectivity index (χ2v) is 1.81. The average Bonchev–Trinajstić information content (AvgIpc) is 1.97. The number of hydrogen-bond acceptors (Lipinski definition) is 3. The first-order valence-electron chi connectivity index (χ1n) is 3.31. The molecule has 0 saturated carbocycles. The number of ether oxygens (including phenoxy) is 2. The van der Waals surface area contributed by atoms with E-state index in [9.17, 15) is 4.79 Å². The standard InChI is InChI=1S/C6H13NO4/c1-3-11-5(10-2)4-7-6(8)9/h5,7H,3-4H2,1-2H3,(H,8,9). The van der Waals surface area contributed by atoms with Crippen LogP contribution in [0.5, 0.6) is 0 Å². The maximum atomic E-state index is 10.0. The SMILES string of the molecule is CCOC(CNC(=O)O)OC. The molecule has 0 aliphatic heterocycles. The highest BCUT2D eigenvalue weighted by molar-refractivity contribution is 5.64. The molecule has 0 spiro atoms. The van der Waals surface area contributed by atoms with Crippen LogP contribution in [-0.2, 0) is 9.47 Å². The Bertz CT molecular complexity index is 117. The minimum absolute atomic E-state index is 0.152. The molecule has 66 valence electrons. The third-order valence-electron chi connectivity index (χ3n) is 1.04. The van der Waals surface area contributed by atoms with Gasteiger partial charge in [0.2, 0.25) is 0 Å². The fourth-order valence-corrected chi connectivity index (χ4v) is 0.567. The van der Waals surface area contributed by atoms with Crippen molar-refractivity contribution in [3.63, 3.8) is 0 Å². The predicted molar refractivity (Wildman–Crippen MR) is 38.5 cm³/mol. The van der Waals surface area contributed by atoms with E-state index in [4.69, 9.17) is 14.6 Å². The minimum atomic E-state index is -1.08. The van der Waals surface area contributed by atoms with Gasteiger partial charge in [-0.25, -0.2) is 4.79 Å². The van der Waals surface area contributed by atoms with E-state index in [1.165, 1.54) is 7.11 Å². The van der Waals surface area contributed by atoms with E-state index in [0.717, 1.165) is 0 Å². The van der Waals surface area contributed by atoms with E-state index < -0.39 is 12.4 Å². The Balaban J connectivity index is 3.43. The van der Waals surface area contributed by atoms with Gasteiger partial charge in [0.25, 0.3) is 0 Å². The molecule has 11 heavy (non-hydrogen) atoms. The highest BCUT2D eigenvalue weighted by Crippen LogP contribution is 1.89. The van der Waals surface area contributed by atoms with Crippen LogP contribution in [0.3, 0.4) is 0 Å². The van der Waals surface area contributed by atoms with E-state index in [-0.39, 0.29) is 6.54 Å². The summed E-state index contributed by atoms with van der Waals surface area (Å²) in [7, 11) is 1.46. The van der Waals surface area contributed by atoms with Gasteiger partial charge in [0.1, 0.15) is 0 Å². The van der Waals surface area contributed by atoms with Crippen molar-refractivity contribution in [1.82, 2.24) is 5.32 Å². The van der Waals surface area contributed by atoms with Gasteiger partial charge in [0, 0.05) is 13.7 Å². The van der Waals surface area contributed by atoms with Crippen LogP contribution in [0.4, 0.5) is 4.79 Å². The summed E-state index contributed by atoms with van der Waals surface area (Å²) in [5, 5.41) is 10.4. The Morgan fingerprint density at radius 2 is 2.36 bits per heavy atom.